The van der Waals surface area contributed by atoms with Crippen molar-refractivity contribution in [3.63, 3.8) is 0 Å². The predicted molar refractivity (Wildman–Crippen MR) is 79.0 cm³/mol. The molecule has 0 bridgehead atoms. The van der Waals surface area contributed by atoms with Crippen LogP contribution in [0.4, 0.5) is 5.69 Å². The quantitative estimate of drug-likeness (QED) is 0.819. The lowest BCUT2D eigenvalue weighted by Crippen LogP contribution is -2.33. The van der Waals surface area contributed by atoms with Gasteiger partial charge in [-0.05, 0) is 38.5 Å². The van der Waals surface area contributed by atoms with Gasteiger partial charge in [-0.25, -0.2) is 0 Å². The summed E-state index contributed by atoms with van der Waals surface area (Å²) in [6.07, 6.45) is 0.858. The van der Waals surface area contributed by atoms with E-state index in [1.165, 1.54) is 13.1 Å². The Labute approximate surface area is 123 Å². The number of benzene rings is 1. The number of hydrogen-bond donors (Lipinski definition) is 2. The van der Waals surface area contributed by atoms with Crippen LogP contribution in [0.25, 0.3) is 0 Å². The summed E-state index contributed by atoms with van der Waals surface area (Å²) < 4.78 is 0. The van der Waals surface area contributed by atoms with Crippen LogP contribution in [0.2, 0.25) is 0 Å². The minimum Gasteiger partial charge on any atom is -0.326 e. The first-order valence-corrected chi connectivity index (χ1v) is 6.74. The van der Waals surface area contributed by atoms with E-state index in [4.69, 9.17) is 5.73 Å². The number of rotatable bonds is 4. The number of fused-ring (bicyclic) bond motifs is 1. The molecule has 0 atom stereocenters. The van der Waals surface area contributed by atoms with E-state index in [0.29, 0.717) is 29.7 Å². The van der Waals surface area contributed by atoms with E-state index in [9.17, 15) is 14.4 Å². The van der Waals surface area contributed by atoms with Gasteiger partial charge in [-0.1, -0.05) is 0 Å². The number of carbonyl (C=O) groups excluding carboxylic acids is 3. The van der Waals surface area contributed by atoms with Crippen LogP contribution in [0.5, 0.6) is 0 Å². The van der Waals surface area contributed by atoms with Gasteiger partial charge in [0, 0.05) is 24.7 Å². The molecule has 3 amide bonds. The zero-order valence-electron chi connectivity index (χ0n) is 12.4. The topological polar surface area (TPSA) is 92.5 Å². The molecule has 1 aliphatic heterocycles. The van der Waals surface area contributed by atoms with Gasteiger partial charge in [-0.2, -0.15) is 0 Å². The lowest BCUT2D eigenvalue weighted by Gasteiger charge is -2.17. The molecule has 112 valence electrons. The first kappa shape index (κ1) is 15.2. The molecule has 21 heavy (non-hydrogen) atoms. The van der Waals surface area contributed by atoms with Gasteiger partial charge in [0.15, 0.2) is 0 Å². The maximum Gasteiger partial charge on any atom is 0.261 e. The van der Waals surface area contributed by atoms with E-state index in [1.807, 2.05) is 13.8 Å². The fraction of sp³-hybridized carbons (Fsp3) is 0.400. The Kier molecular flexibility index (Phi) is 3.82. The predicted octanol–water partition coefficient (Wildman–Crippen LogP) is 1.37. The van der Waals surface area contributed by atoms with E-state index in [2.05, 4.69) is 5.32 Å². The van der Waals surface area contributed by atoms with Gasteiger partial charge in [-0.15, -0.1) is 0 Å². The number of amides is 3. The molecule has 0 unspecified atom stereocenters. The van der Waals surface area contributed by atoms with E-state index < -0.39 is 5.54 Å². The summed E-state index contributed by atoms with van der Waals surface area (Å²) in [7, 11) is 1.44. The highest BCUT2D eigenvalue weighted by atomic mass is 16.2. The van der Waals surface area contributed by atoms with Gasteiger partial charge < -0.3 is 11.1 Å². The van der Waals surface area contributed by atoms with Crippen LogP contribution in [0.15, 0.2) is 18.2 Å². The fourth-order valence-corrected chi connectivity index (χ4v) is 2.10. The van der Waals surface area contributed by atoms with E-state index in [0.717, 1.165) is 4.90 Å². The summed E-state index contributed by atoms with van der Waals surface area (Å²) in [5.74, 6) is -0.842. The van der Waals surface area contributed by atoms with Crippen molar-refractivity contribution >= 4 is 23.4 Å². The first-order chi connectivity index (χ1) is 9.69. The molecule has 0 aromatic heterocycles. The highest BCUT2D eigenvalue weighted by Crippen LogP contribution is 2.24. The van der Waals surface area contributed by atoms with E-state index >= 15 is 0 Å². The van der Waals surface area contributed by atoms with Crippen molar-refractivity contribution in [2.24, 2.45) is 5.73 Å². The van der Waals surface area contributed by atoms with Crippen LogP contribution in [0.1, 0.15) is 47.4 Å². The summed E-state index contributed by atoms with van der Waals surface area (Å²) in [4.78, 5) is 36.5. The monoisotopic (exact) mass is 289 g/mol. The highest BCUT2D eigenvalue weighted by molar-refractivity contribution is 6.21. The normalized spacial score (nSPS) is 14.4. The average molecular weight is 289 g/mol. The molecule has 1 aliphatic rings. The van der Waals surface area contributed by atoms with Crippen molar-refractivity contribution in [2.75, 3.05) is 12.4 Å². The average Bonchev–Trinajstić information content (AvgIpc) is 2.61. The van der Waals surface area contributed by atoms with Crippen LogP contribution in [-0.4, -0.2) is 35.2 Å². The smallest absolute Gasteiger partial charge is 0.261 e. The minimum absolute atomic E-state index is 0.168. The fourth-order valence-electron chi connectivity index (χ4n) is 2.10. The summed E-state index contributed by atoms with van der Waals surface area (Å²) in [5.41, 5.74) is 6.62. The lowest BCUT2D eigenvalue weighted by atomic mass is 10.00. The number of nitrogens with zero attached hydrogens (tertiary/aromatic N) is 1. The van der Waals surface area contributed by atoms with Gasteiger partial charge in [-0.3, -0.25) is 19.3 Å². The minimum atomic E-state index is -0.402. The lowest BCUT2D eigenvalue weighted by molar-refractivity contribution is -0.116. The molecule has 0 spiro atoms. The van der Waals surface area contributed by atoms with Crippen molar-refractivity contribution in [3.8, 4) is 0 Å². The Morgan fingerprint density at radius 3 is 2.48 bits per heavy atom. The van der Waals surface area contributed by atoms with Gasteiger partial charge >= 0.3 is 0 Å². The molecule has 1 aromatic rings. The molecule has 6 heteroatoms. The molecular formula is C15H19N3O3. The summed E-state index contributed by atoms with van der Waals surface area (Å²) in [6.45, 7) is 3.71. The molecule has 2 rings (SSSR count). The Hall–Kier alpha value is -2.21. The standard InChI is InChI=1S/C15H19N3O3/c1-15(2,16)7-6-12(19)17-9-4-5-10-11(8-9)14(21)18(3)13(10)20/h4-5,8H,6-7,16H2,1-3H3,(H,17,19). The number of hydrogen-bond acceptors (Lipinski definition) is 4. The zero-order chi connectivity index (χ0) is 15.8. The van der Waals surface area contributed by atoms with Crippen LogP contribution >= 0.6 is 0 Å². The third-order valence-electron chi connectivity index (χ3n) is 3.37. The van der Waals surface area contributed by atoms with Gasteiger partial charge in [0.25, 0.3) is 11.8 Å². The Balaban J connectivity index is 2.09. The van der Waals surface area contributed by atoms with Crippen molar-refractivity contribution in [1.29, 1.82) is 0 Å². The van der Waals surface area contributed by atoms with Crippen LogP contribution in [0.3, 0.4) is 0 Å². The second kappa shape index (κ2) is 5.29. The summed E-state index contributed by atoms with van der Waals surface area (Å²) in [6, 6.07) is 4.71. The second-order valence-electron chi connectivity index (χ2n) is 5.97. The largest absolute Gasteiger partial charge is 0.326 e. The third kappa shape index (κ3) is 3.28. The zero-order valence-corrected chi connectivity index (χ0v) is 12.4. The third-order valence-corrected chi connectivity index (χ3v) is 3.37. The Morgan fingerprint density at radius 1 is 1.24 bits per heavy atom. The van der Waals surface area contributed by atoms with Gasteiger partial charge in [0.2, 0.25) is 5.91 Å². The number of nitrogens with one attached hydrogen (secondary N) is 1. The molecular weight excluding hydrogens is 270 g/mol. The van der Waals surface area contributed by atoms with E-state index in [1.54, 1.807) is 12.1 Å². The first-order valence-electron chi connectivity index (χ1n) is 6.74. The SMILES string of the molecule is CN1C(=O)c2ccc(NC(=O)CCC(C)(C)N)cc2C1=O. The number of carbonyl (C=O) groups is 3. The van der Waals surface area contributed by atoms with Gasteiger partial charge in [0.1, 0.15) is 0 Å². The van der Waals surface area contributed by atoms with Crippen molar-refractivity contribution in [2.45, 2.75) is 32.2 Å². The molecule has 3 N–H and O–H groups in total. The van der Waals surface area contributed by atoms with E-state index in [-0.39, 0.29) is 17.7 Å². The maximum absolute atomic E-state index is 11.9. The van der Waals surface area contributed by atoms with Gasteiger partial charge in [0.05, 0.1) is 11.1 Å². The summed E-state index contributed by atoms with van der Waals surface area (Å²) in [5, 5.41) is 2.72. The second-order valence-corrected chi connectivity index (χ2v) is 5.97. The number of anilines is 1. The van der Waals surface area contributed by atoms with Crippen molar-refractivity contribution in [3.05, 3.63) is 29.3 Å². The Bertz CT molecular complexity index is 617. The van der Waals surface area contributed by atoms with Crippen LogP contribution < -0.4 is 11.1 Å². The van der Waals surface area contributed by atoms with Crippen molar-refractivity contribution < 1.29 is 14.4 Å². The molecule has 0 aliphatic carbocycles. The molecule has 0 saturated heterocycles. The molecule has 1 heterocycles. The molecule has 0 saturated carbocycles. The number of nitrogens with two attached hydrogens (primary N) is 1. The Morgan fingerprint density at radius 2 is 1.86 bits per heavy atom. The van der Waals surface area contributed by atoms with Crippen LogP contribution in [-0.2, 0) is 4.79 Å². The number of imide groups is 1. The van der Waals surface area contributed by atoms with Crippen LogP contribution in [0, 0.1) is 0 Å². The summed E-state index contributed by atoms with van der Waals surface area (Å²) >= 11 is 0. The molecule has 1 aromatic carbocycles. The molecule has 6 nitrogen and oxygen atoms in total. The molecule has 0 radical (unpaired) electrons. The molecule has 0 fully saturated rings. The highest BCUT2D eigenvalue weighted by Gasteiger charge is 2.32. The van der Waals surface area contributed by atoms with Crippen molar-refractivity contribution in [1.82, 2.24) is 4.90 Å². The maximum atomic E-state index is 11.9.